The van der Waals surface area contributed by atoms with Crippen LogP contribution in [0.2, 0.25) is 0 Å². The van der Waals surface area contributed by atoms with Gasteiger partial charge in [0.2, 0.25) is 11.8 Å². The molecule has 3 amide bonds. The van der Waals surface area contributed by atoms with Crippen molar-refractivity contribution in [3.8, 4) is 0 Å². The van der Waals surface area contributed by atoms with Crippen LogP contribution in [0.3, 0.4) is 0 Å². The second kappa shape index (κ2) is 6.91. The third kappa shape index (κ3) is 3.48. The van der Waals surface area contributed by atoms with Crippen LogP contribution >= 0.6 is 11.8 Å². The average molecular weight is 287 g/mol. The molecule has 0 spiro atoms. The van der Waals surface area contributed by atoms with Crippen molar-refractivity contribution in [3.63, 3.8) is 0 Å². The van der Waals surface area contributed by atoms with E-state index in [4.69, 9.17) is 5.73 Å². The van der Waals surface area contributed by atoms with Gasteiger partial charge in [0.05, 0.1) is 11.2 Å². The zero-order valence-electron chi connectivity index (χ0n) is 11.4. The molecule has 1 aliphatic heterocycles. The summed E-state index contributed by atoms with van der Waals surface area (Å²) < 4.78 is 0. The molecule has 1 aliphatic rings. The minimum atomic E-state index is -0.548. The van der Waals surface area contributed by atoms with Crippen molar-refractivity contribution in [2.24, 2.45) is 11.1 Å². The van der Waals surface area contributed by atoms with Crippen molar-refractivity contribution < 1.29 is 14.4 Å². The fourth-order valence-corrected chi connectivity index (χ4v) is 2.77. The van der Waals surface area contributed by atoms with E-state index < -0.39 is 5.41 Å². The van der Waals surface area contributed by atoms with Crippen LogP contribution in [-0.2, 0) is 9.59 Å². The van der Waals surface area contributed by atoms with Gasteiger partial charge in [-0.1, -0.05) is 25.6 Å². The summed E-state index contributed by atoms with van der Waals surface area (Å²) >= 11 is 0.996. The predicted octanol–water partition coefficient (Wildman–Crippen LogP) is 0.563. The molecule has 0 aromatic heterocycles. The van der Waals surface area contributed by atoms with E-state index in [1.165, 1.54) is 4.90 Å². The van der Waals surface area contributed by atoms with Gasteiger partial charge in [0, 0.05) is 19.6 Å². The molecule has 7 heteroatoms. The number of imide groups is 1. The summed E-state index contributed by atoms with van der Waals surface area (Å²) in [6, 6.07) is 0. The maximum absolute atomic E-state index is 12.1. The number of nitrogens with zero attached hydrogens (tertiary/aromatic N) is 1. The molecule has 1 saturated heterocycles. The molecule has 108 valence electrons. The largest absolute Gasteiger partial charge is 0.354 e. The first-order valence-electron chi connectivity index (χ1n) is 6.46. The van der Waals surface area contributed by atoms with Crippen LogP contribution in [0, 0.1) is 5.41 Å². The van der Waals surface area contributed by atoms with E-state index in [1.54, 1.807) is 0 Å². The summed E-state index contributed by atoms with van der Waals surface area (Å²) in [6.07, 6.45) is 1.34. The van der Waals surface area contributed by atoms with Crippen molar-refractivity contribution in [1.29, 1.82) is 0 Å². The molecule has 0 aromatic carbocycles. The highest BCUT2D eigenvalue weighted by Gasteiger charge is 2.34. The smallest absolute Gasteiger partial charge is 0.288 e. The first kappa shape index (κ1) is 16.0. The van der Waals surface area contributed by atoms with Gasteiger partial charge >= 0.3 is 0 Å². The quantitative estimate of drug-likeness (QED) is 0.714. The lowest BCUT2D eigenvalue weighted by molar-refractivity contribution is -0.131. The minimum Gasteiger partial charge on any atom is -0.354 e. The fraction of sp³-hybridized carbons (Fsp3) is 0.750. The number of hydrogen-bond donors (Lipinski definition) is 2. The zero-order valence-corrected chi connectivity index (χ0v) is 12.2. The Hall–Kier alpha value is -1.08. The first-order chi connectivity index (χ1) is 9.00. The minimum absolute atomic E-state index is 0.105. The van der Waals surface area contributed by atoms with Gasteiger partial charge in [-0.25, -0.2) is 0 Å². The summed E-state index contributed by atoms with van der Waals surface area (Å²) in [5.74, 6) is -0.101. The number of thioether (sulfide) groups is 1. The van der Waals surface area contributed by atoms with Gasteiger partial charge in [-0.15, -0.1) is 0 Å². The van der Waals surface area contributed by atoms with Crippen LogP contribution in [0.25, 0.3) is 0 Å². The molecule has 0 unspecified atom stereocenters. The van der Waals surface area contributed by atoms with Crippen molar-refractivity contribution in [1.82, 2.24) is 10.2 Å². The van der Waals surface area contributed by atoms with Crippen molar-refractivity contribution in [2.45, 2.75) is 26.7 Å². The van der Waals surface area contributed by atoms with E-state index in [-0.39, 0.29) is 35.9 Å². The molecule has 0 radical (unpaired) electrons. The van der Waals surface area contributed by atoms with E-state index >= 15 is 0 Å². The molecule has 3 N–H and O–H groups in total. The Morgan fingerprint density at radius 3 is 2.47 bits per heavy atom. The van der Waals surface area contributed by atoms with Crippen LogP contribution in [-0.4, -0.2) is 47.3 Å². The lowest BCUT2D eigenvalue weighted by atomic mass is 9.81. The summed E-state index contributed by atoms with van der Waals surface area (Å²) in [5, 5.41) is 2.53. The maximum Gasteiger partial charge on any atom is 0.288 e. The number of carbonyl (C=O) groups excluding carboxylic acids is 3. The summed E-state index contributed by atoms with van der Waals surface area (Å²) in [6.45, 7) is 4.66. The Labute approximate surface area is 117 Å². The van der Waals surface area contributed by atoms with Crippen molar-refractivity contribution >= 4 is 28.8 Å². The third-order valence-electron chi connectivity index (χ3n) is 3.69. The number of nitrogens with one attached hydrogen (secondary N) is 1. The van der Waals surface area contributed by atoms with Crippen LogP contribution in [0.5, 0.6) is 0 Å². The Balaban J connectivity index is 2.46. The second-order valence-corrected chi connectivity index (χ2v) is 5.47. The standard InChI is InChI=1S/C12H21N3O3S/c1-3-12(4-2,8-13)10(17)14-5-6-15-9(16)7-19-11(15)18/h3-8,13H2,1-2H3,(H,14,17). The molecular weight excluding hydrogens is 266 g/mol. The lowest BCUT2D eigenvalue weighted by Crippen LogP contribution is -2.47. The fourth-order valence-electron chi connectivity index (χ4n) is 2.02. The third-order valence-corrected chi connectivity index (χ3v) is 4.55. The van der Waals surface area contributed by atoms with Gasteiger partial charge in [0.1, 0.15) is 0 Å². The predicted molar refractivity (Wildman–Crippen MR) is 74.6 cm³/mol. The van der Waals surface area contributed by atoms with Gasteiger partial charge in [-0.3, -0.25) is 19.3 Å². The van der Waals surface area contributed by atoms with Gasteiger partial charge in [-0.05, 0) is 12.8 Å². The summed E-state index contributed by atoms with van der Waals surface area (Å²) in [5.41, 5.74) is 5.14. The Morgan fingerprint density at radius 2 is 2.05 bits per heavy atom. The molecule has 19 heavy (non-hydrogen) atoms. The molecule has 0 atom stereocenters. The van der Waals surface area contributed by atoms with E-state index in [0.717, 1.165) is 11.8 Å². The Bertz CT molecular complexity index is 345. The molecule has 0 saturated carbocycles. The van der Waals surface area contributed by atoms with E-state index in [1.807, 2.05) is 13.8 Å². The molecule has 1 heterocycles. The van der Waals surface area contributed by atoms with Crippen LogP contribution in [0.15, 0.2) is 0 Å². The monoisotopic (exact) mass is 287 g/mol. The number of hydrogen-bond acceptors (Lipinski definition) is 5. The molecule has 6 nitrogen and oxygen atoms in total. The molecular formula is C12H21N3O3S. The van der Waals surface area contributed by atoms with Crippen LogP contribution in [0.1, 0.15) is 26.7 Å². The van der Waals surface area contributed by atoms with Crippen LogP contribution in [0.4, 0.5) is 4.79 Å². The number of amides is 3. The summed E-state index contributed by atoms with van der Waals surface area (Å²) in [4.78, 5) is 36.0. The molecule has 0 aromatic rings. The van der Waals surface area contributed by atoms with Crippen molar-refractivity contribution in [3.05, 3.63) is 0 Å². The van der Waals surface area contributed by atoms with E-state index in [9.17, 15) is 14.4 Å². The van der Waals surface area contributed by atoms with Gasteiger partial charge in [0.15, 0.2) is 0 Å². The number of nitrogens with two attached hydrogens (primary N) is 1. The highest BCUT2D eigenvalue weighted by atomic mass is 32.2. The number of rotatable bonds is 7. The zero-order chi connectivity index (χ0) is 14.5. The maximum atomic E-state index is 12.1. The average Bonchev–Trinajstić information content (AvgIpc) is 2.73. The molecule has 0 bridgehead atoms. The van der Waals surface area contributed by atoms with Gasteiger partial charge in [0.25, 0.3) is 5.24 Å². The van der Waals surface area contributed by atoms with Crippen molar-refractivity contribution in [2.75, 3.05) is 25.4 Å². The van der Waals surface area contributed by atoms with E-state index in [2.05, 4.69) is 5.32 Å². The lowest BCUT2D eigenvalue weighted by Gasteiger charge is -2.28. The summed E-state index contributed by atoms with van der Waals surface area (Å²) in [7, 11) is 0. The second-order valence-electron chi connectivity index (χ2n) is 4.55. The van der Waals surface area contributed by atoms with E-state index in [0.29, 0.717) is 19.4 Å². The van der Waals surface area contributed by atoms with Gasteiger partial charge in [-0.2, -0.15) is 0 Å². The topological polar surface area (TPSA) is 92.5 Å². The highest BCUT2D eigenvalue weighted by Crippen LogP contribution is 2.25. The Morgan fingerprint density at radius 1 is 1.42 bits per heavy atom. The number of carbonyl (C=O) groups is 3. The molecule has 0 aliphatic carbocycles. The SMILES string of the molecule is CCC(CC)(CN)C(=O)NCCN1C(=O)CSC1=O. The molecule has 1 fully saturated rings. The molecule has 1 rings (SSSR count). The van der Waals surface area contributed by atoms with Gasteiger partial charge < -0.3 is 11.1 Å². The normalized spacial score (nSPS) is 16.1. The first-order valence-corrected chi connectivity index (χ1v) is 7.44. The highest BCUT2D eigenvalue weighted by molar-refractivity contribution is 8.14. The van der Waals surface area contributed by atoms with Crippen LogP contribution < -0.4 is 11.1 Å². The Kier molecular flexibility index (Phi) is 5.81.